The van der Waals surface area contributed by atoms with Crippen LogP contribution in [0, 0.1) is 11.8 Å². The number of nitrogens with zero attached hydrogens (tertiary/aromatic N) is 1. The van der Waals surface area contributed by atoms with Gasteiger partial charge in [0.1, 0.15) is 5.75 Å². The van der Waals surface area contributed by atoms with Crippen LogP contribution in [0.25, 0.3) is 0 Å². The Balaban J connectivity index is 1.80. The van der Waals surface area contributed by atoms with Crippen molar-refractivity contribution in [3.8, 4) is 5.75 Å². The van der Waals surface area contributed by atoms with Crippen LogP contribution in [0.4, 0.5) is 4.79 Å². The lowest BCUT2D eigenvalue weighted by Gasteiger charge is -2.35. The molecule has 27 heavy (non-hydrogen) atoms. The molecule has 0 aliphatic carbocycles. The number of urea groups is 1. The standard InChI is InChI=1S/C21H32N2O4/c1-14(2)27-19-9-7-17(8-10-19)6-5-16(4)22-21(26)23-12-15(3)11-18(13-23)20(24)25/h7-10,14-16,18H,5-6,11-13H2,1-4H3,(H,22,26)(H,24,25). The first-order chi connectivity index (χ1) is 12.7. The van der Waals surface area contributed by atoms with E-state index in [2.05, 4.69) is 17.4 Å². The van der Waals surface area contributed by atoms with E-state index in [0.29, 0.717) is 13.0 Å². The molecule has 2 amide bonds. The molecule has 6 heteroatoms. The maximum atomic E-state index is 12.5. The zero-order valence-corrected chi connectivity index (χ0v) is 16.8. The fourth-order valence-corrected chi connectivity index (χ4v) is 3.46. The lowest BCUT2D eigenvalue weighted by atomic mass is 9.91. The molecule has 0 aromatic heterocycles. The van der Waals surface area contributed by atoms with Crippen LogP contribution in [0.2, 0.25) is 0 Å². The van der Waals surface area contributed by atoms with Gasteiger partial charge in [-0.3, -0.25) is 4.79 Å². The third-order valence-corrected chi connectivity index (χ3v) is 4.83. The molecule has 1 aliphatic heterocycles. The summed E-state index contributed by atoms with van der Waals surface area (Å²) in [5, 5.41) is 12.3. The fourth-order valence-electron chi connectivity index (χ4n) is 3.46. The van der Waals surface area contributed by atoms with Crippen LogP contribution in [-0.2, 0) is 11.2 Å². The van der Waals surface area contributed by atoms with Gasteiger partial charge in [0.2, 0.25) is 0 Å². The molecule has 1 aromatic rings. The Morgan fingerprint density at radius 2 is 1.89 bits per heavy atom. The van der Waals surface area contributed by atoms with Crippen LogP contribution in [0.15, 0.2) is 24.3 Å². The first-order valence-electron chi connectivity index (χ1n) is 9.78. The number of carbonyl (C=O) groups is 2. The summed E-state index contributed by atoms with van der Waals surface area (Å²) >= 11 is 0. The van der Waals surface area contributed by atoms with Gasteiger partial charge in [-0.25, -0.2) is 4.79 Å². The second-order valence-electron chi connectivity index (χ2n) is 7.98. The first-order valence-corrected chi connectivity index (χ1v) is 9.78. The monoisotopic (exact) mass is 376 g/mol. The molecule has 2 rings (SSSR count). The highest BCUT2D eigenvalue weighted by atomic mass is 16.5. The summed E-state index contributed by atoms with van der Waals surface area (Å²) < 4.78 is 5.64. The average Bonchev–Trinajstić information content (AvgIpc) is 2.60. The van der Waals surface area contributed by atoms with Crippen LogP contribution in [0.3, 0.4) is 0 Å². The molecule has 3 unspecified atom stereocenters. The summed E-state index contributed by atoms with van der Waals surface area (Å²) in [5.74, 6) is -0.228. The average molecular weight is 376 g/mol. The van der Waals surface area contributed by atoms with Crippen molar-refractivity contribution >= 4 is 12.0 Å². The Morgan fingerprint density at radius 3 is 2.48 bits per heavy atom. The van der Waals surface area contributed by atoms with Crippen molar-refractivity contribution in [2.75, 3.05) is 13.1 Å². The third-order valence-electron chi connectivity index (χ3n) is 4.83. The minimum Gasteiger partial charge on any atom is -0.491 e. The van der Waals surface area contributed by atoms with Gasteiger partial charge in [-0.2, -0.15) is 0 Å². The van der Waals surface area contributed by atoms with Gasteiger partial charge in [-0.05, 0) is 63.6 Å². The van der Waals surface area contributed by atoms with Crippen molar-refractivity contribution < 1.29 is 19.4 Å². The number of aliphatic carboxylic acids is 1. The summed E-state index contributed by atoms with van der Waals surface area (Å²) in [6, 6.07) is 7.90. The van der Waals surface area contributed by atoms with Gasteiger partial charge in [0.25, 0.3) is 0 Å². The Hall–Kier alpha value is -2.24. The molecular weight excluding hydrogens is 344 g/mol. The summed E-state index contributed by atoms with van der Waals surface area (Å²) in [6.45, 7) is 8.87. The number of rotatable bonds is 7. The Bertz CT molecular complexity index is 630. The molecule has 1 fully saturated rings. The maximum absolute atomic E-state index is 12.5. The summed E-state index contributed by atoms with van der Waals surface area (Å²) in [5.41, 5.74) is 1.20. The fraction of sp³-hybridized carbons (Fsp3) is 0.619. The number of hydrogen-bond acceptors (Lipinski definition) is 3. The molecule has 2 N–H and O–H groups in total. The molecule has 1 heterocycles. The van der Waals surface area contributed by atoms with E-state index in [9.17, 15) is 14.7 Å². The lowest BCUT2D eigenvalue weighted by molar-refractivity contribution is -0.143. The molecule has 0 saturated carbocycles. The van der Waals surface area contributed by atoms with Crippen LogP contribution < -0.4 is 10.1 Å². The number of hydrogen-bond donors (Lipinski definition) is 2. The zero-order valence-electron chi connectivity index (χ0n) is 16.8. The quantitative estimate of drug-likeness (QED) is 0.763. The highest BCUT2D eigenvalue weighted by Crippen LogP contribution is 2.22. The van der Waals surface area contributed by atoms with Gasteiger partial charge >= 0.3 is 12.0 Å². The number of aryl methyl sites for hydroxylation is 1. The van der Waals surface area contributed by atoms with E-state index < -0.39 is 11.9 Å². The number of nitrogens with one attached hydrogen (secondary N) is 1. The minimum absolute atomic E-state index is 0.0181. The SMILES string of the molecule is CC1CC(C(=O)O)CN(C(=O)NC(C)CCc2ccc(OC(C)C)cc2)C1. The molecule has 0 spiro atoms. The van der Waals surface area contributed by atoms with E-state index in [4.69, 9.17) is 4.74 Å². The topological polar surface area (TPSA) is 78.9 Å². The van der Waals surface area contributed by atoms with E-state index in [1.165, 1.54) is 5.56 Å². The summed E-state index contributed by atoms with van der Waals surface area (Å²) in [7, 11) is 0. The second-order valence-corrected chi connectivity index (χ2v) is 7.98. The van der Waals surface area contributed by atoms with Gasteiger partial charge in [0, 0.05) is 19.1 Å². The number of carbonyl (C=O) groups excluding carboxylic acids is 1. The maximum Gasteiger partial charge on any atom is 0.317 e. The Morgan fingerprint density at radius 1 is 1.22 bits per heavy atom. The summed E-state index contributed by atoms with van der Waals surface area (Å²) in [6.07, 6.45) is 2.47. The Labute approximate surface area is 161 Å². The molecule has 1 saturated heterocycles. The number of piperidine rings is 1. The molecule has 150 valence electrons. The van der Waals surface area contributed by atoms with Crippen molar-refractivity contribution in [1.82, 2.24) is 10.2 Å². The Kier molecular flexibility index (Phi) is 7.51. The van der Waals surface area contributed by atoms with E-state index in [1.807, 2.05) is 39.8 Å². The van der Waals surface area contributed by atoms with Crippen molar-refractivity contribution in [2.24, 2.45) is 11.8 Å². The number of ether oxygens (including phenoxy) is 1. The zero-order chi connectivity index (χ0) is 20.0. The van der Waals surface area contributed by atoms with Crippen molar-refractivity contribution in [1.29, 1.82) is 0 Å². The number of amides is 2. The van der Waals surface area contributed by atoms with E-state index in [0.717, 1.165) is 18.6 Å². The van der Waals surface area contributed by atoms with Gasteiger partial charge < -0.3 is 20.1 Å². The molecular formula is C21H32N2O4. The molecule has 1 aliphatic rings. The predicted octanol–water partition coefficient (Wildman–Crippen LogP) is 3.55. The second kappa shape index (κ2) is 9.62. The van der Waals surface area contributed by atoms with Crippen molar-refractivity contribution in [3.05, 3.63) is 29.8 Å². The van der Waals surface area contributed by atoms with E-state index >= 15 is 0 Å². The van der Waals surface area contributed by atoms with Crippen LogP contribution in [0.5, 0.6) is 5.75 Å². The lowest BCUT2D eigenvalue weighted by Crippen LogP contribution is -2.51. The van der Waals surface area contributed by atoms with Crippen LogP contribution in [-0.4, -0.2) is 47.2 Å². The van der Waals surface area contributed by atoms with E-state index in [-0.39, 0.29) is 30.6 Å². The van der Waals surface area contributed by atoms with E-state index in [1.54, 1.807) is 4.90 Å². The van der Waals surface area contributed by atoms with Gasteiger partial charge in [0.15, 0.2) is 0 Å². The largest absolute Gasteiger partial charge is 0.491 e. The first kappa shape index (κ1) is 21.1. The smallest absolute Gasteiger partial charge is 0.317 e. The van der Waals surface area contributed by atoms with Gasteiger partial charge in [-0.15, -0.1) is 0 Å². The normalized spacial score (nSPS) is 21.0. The predicted molar refractivity (Wildman–Crippen MR) is 105 cm³/mol. The van der Waals surface area contributed by atoms with Crippen molar-refractivity contribution in [2.45, 2.75) is 59.1 Å². The van der Waals surface area contributed by atoms with Crippen LogP contribution in [0.1, 0.15) is 46.1 Å². The third kappa shape index (κ3) is 6.77. The summed E-state index contributed by atoms with van der Waals surface area (Å²) in [4.78, 5) is 25.4. The van der Waals surface area contributed by atoms with Crippen LogP contribution >= 0.6 is 0 Å². The number of carboxylic acids is 1. The molecule has 1 aromatic carbocycles. The highest BCUT2D eigenvalue weighted by Gasteiger charge is 2.32. The number of likely N-dealkylation sites (tertiary alicyclic amines) is 1. The molecule has 0 bridgehead atoms. The van der Waals surface area contributed by atoms with Gasteiger partial charge in [0.05, 0.1) is 12.0 Å². The highest BCUT2D eigenvalue weighted by molar-refractivity contribution is 5.76. The van der Waals surface area contributed by atoms with Crippen molar-refractivity contribution in [3.63, 3.8) is 0 Å². The number of carboxylic acid groups (broad SMARTS) is 1. The molecule has 6 nitrogen and oxygen atoms in total. The molecule has 0 radical (unpaired) electrons. The van der Waals surface area contributed by atoms with Gasteiger partial charge in [-0.1, -0.05) is 19.1 Å². The number of benzene rings is 1. The minimum atomic E-state index is -0.822. The molecule has 3 atom stereocenters.